The van der Waals surface area contributed by atoms with Gasteiger partial charge in [0, 0.05) is 6.54 Å². The third-order valence-corrected chi connectivity index (χ3v) is 3.49. The lowest BCUT2D eigenvalue weighted by Gasteiger charge is -2.32. The summed E-state index contributed by atoms with van der Waals surface area (Å²) in [5.41, 5.74) is -0.0235. The van der Waals surface area contributed by atoms with Crippen LogP contribution in [0.5, 0.6) is 0 Å². The van der Waals surface area contributed by atoms with Crippen LogP contribution in [0.3, 0.4) is 0 Å². The largest absolute Gasteiger partial charge is 0.388 e. The summed E-state index contributed by atoms with van der Waals surface area (Å²) in [4.78, 5) is 4.06. The van der Waals surface area contributed by atoms with E-state index >= 15 is 0 Å². The van der Waals surface area contributed by atoms with Crippen molar-refractivity contribution in [3.05, 3.63) is 12.4 Å². The van der Waals surface area contributed by atoms with Crippen molar-refractivity contribution in [2.45, 2.75) is 37.7 Å². The number of fused-ring (bicyclic) bond motifs is 1. The fraction of sp³-hybridized carbons (Fsp3) is 0.636. The first kappa shape index (κ1) is 11.3. The molecule has 2 aromatic rings. The Labute approximate surface area is 104 Å². The van der Waals surface area contributed by atoms with Gasteiger partial charge in [-0.15, -0.1) is 5.10 Å². The number of tetrazole rings is 1. The Balaban J connectivity index is 1.74. The van der Waals surface area contributed by atoms with E-state index in [1.165, 1.54) is 6.42 Å². The lowest BCUT2D eigenvalue weighted by atomic mass is 9.85. The smallest absolute Gasteiger partial charge is 0.199 e. The minimum absolute atomic E-state index is 0.508. The van der Waals surface area contributed by atoms with E-state index in [1.807, 2.05) is 0 Å². The summed E-state index contributed by atoms with van der Waals surface area (Å²) in [6, 6.07) is 0. The Morgan fingerprint density at radius 3 is 2.94 bits per heavy atom. The summed E-state index contributed by atoms with van der Waals surface area (Å²) in [6.07, 6.45) is 8.34. The van der Waals surface area contributed by atoms with Crippen molar-refractivity contribution in [3.8, 4) is 0 Å². The first-order valence-electron chi connectivity index (χ1n) is 6.25. The average molecular weight is 248 g/mol. The van der Waals surface area contributed by atoms with Crippen molar-refractivity contribution >= 4 is 11.5 Å². The van der Waals surface area contributed by atoms with Gasteiger partial charge in [0.1, 0.15) is 0 Å². The van der Waals surface area contributed by atoms with Gasteiger partial charge in [0.15, 0.2) is 11.5 Å². The van der Waals surface area contributed by atoms with Gasteiger partial charge in [0.05, 0.1) is 18.0 Å². The monoisotopic (exact) mass is 248 g/mol. The Morgan fingerprint density at radius 2 is 2.11 bits per heavy atom. The second kappa shape index (κ2) is 4.49. The molecule has 0 aliphatic heterocycles. The van der Waals surface area contributed by atoms with Gasteiger partial charge in [-0.1, -0.05) is 19.3 Å². The molecule has 0 radical (unpaired) electrons. The maximum absolute atomic E-state index is 10.4. The Hall–Kier alpha value is -1.76. The van der Waals surface area contributed by atoms with E-state index in [-0.39, 0.29) is 0 Å². The normalized spacial score (nSPS) is 18.9. The predicted octanol–water partition coefficient (Wildman–Crippen LogP) is 0.626. The molecule has 3 rings (SSSR count). The van der Waals surface area contributed by atoms with Crippen LogP contribution >= 0.6 is 0 Å². The van der Waals surface area contributed by atoms with E-state index in [2.05, 4.69) is 25.8 Å². The van der Waals surface area contributed by atoms with Gasteiger partial charge in [-0.2, -0.15) is 4.52 Å². The highest BCUT2D eigenvalue weighted by Crippen LogP contribution is 2.28. The molecule has 2 aromatic heterocycles. The highest BCUT2D eigenvalue weighted by Gasteiger charge is 2.29. The topological polar surface area (TPSA) is 88.2 Å². The molecular weight excluding hydrogens is 232 g/mol. The van der Waals surface area contributed by atoms with Gasteiger partial charge in [0.25, 0.3) is 0 Å². The molecule has 96 valence electrons. The molecule has 0 saturated heterocycles. The molecule has 0 atom stereocenters. The molecule has 0 unspecified atom stereocenters. The van der Waals surface area contributed by atoms with Crippen LogP contribution in [0.15, 0.2) is 12.4 Å². The van der Waals surface area contributed by atoms with Gasteiger partial charge >= 0.3 is 0 Å². The second-order valence-corrected chi connectivity index (χ2v) is 4.88. The minimum Gasteiger partial charge on any atom is -0.388 e. The first-order chi connectivity index (χ1) is 8.77. The highest BCUT2D eigenvalue weighted by atomic mass is 16.3. The summed E-state index contributed by atoms with van der Waals surface area (Å²) in [5.74, 6) is 0.705. The molecule has 0 bridgehead atoms. The Bertz CT molecular complexity index is 533. The van der Waals surface area contributed by atoms with E-state index in [4.69, 9.17) is 0 Å². The van der Waals surface area contributed by atoms with Gasteiger partial charge in [-0.25, -0.2) is 0 Å². The molecule has 2 N–H and O–H groups in total. The van der Waals surface area contributed by atoms with Gasteiger partial charge < -0.3 is 10.4 Å². The lowest BCUT2D eigenvalue weighted by molar-refractivity contribution is 0.0166. The third-order valence-electron chi connectivity index (χ3n) is 3.49. The number of aromatic nitrogens is 5. The summed E-state index contributed by atoms with van der Waals surface area (Å²) in [6.45, 7) is 0.508. The maximum Gasteiger partial charge on any atom is 0.199 e. The van der Waals surface area contributed by atoms with Gasteiger partial charge in [-0.05, 0) is 23.3 Å². The third kappa shape index (κ3) is 2.13. The molecule has 18 heavy (non-hydrogen) atoms. The predicted molar refractivity (Wildman–Crippen MR) is 65.1 cm³/mol. The molecule has 0 aromatic carbocycles. The van der Waals surface area contributed by atoms with Crippen molar-refractivity contribution in [3.63, 3.8) is 0 Å². The molecular formula is C11H16N6O. The van der Waals surface area contributed by atoms with E-state index < -0.39 is 5.60 Å². The average Bonchev–Trinajstić information content (AvgIpc) is 2.86. The standard InChI is InChI=1S/C11H16N6O/c18-11(4-2-1-3-5-11)8-13-9-6-12-7-10-14-15-16-17(9)10/h6-7,13,18H,1-5,8H2. The molecule has 1 fully saturated rings. The zero-order chi connectivity index (χ0) is 12.4. The fourth-order valence-electron chi connectivity index (χ4n) is 2.44. The maximum atomic E-state index is 10.4. The van der Waals surface area contributed by atoms with Crippen molar-refractivity contribution < 1.29 is 5.11 Å². The van der Waals surface area contributed by atoms with Crippen molar-refractivity contribution in [1.82, 2.24) is 25.0 Å². The van der Waals surface area contributed by atoms with E-state index in [0.29, 0.717) is 18.0 Å². The quantitative estimate of drug-likeness (QED) is 0.828. The summed E-state index contributed by atoms with van der Waals surface area (Å²) >= 11 is 0. The summed E-state index contributed by atoms with van der Waals surface area (Å²) in [5, 5.41) is 24.9. The van der Waals surface area contributed by atoms with Crippen LogP contribution in [0.2, 0.25) is 0 Å². The summed E-state index contributed by atoms with van der Waals surface area (Å²) < 4.78 is 1.58. The Morgan fingerprint density at radius 1 is 1.28 bits per heavy atom. The van der Waals surface area contributed by atoms with Crippen LogP contribution in [0.4, 0.5) is 5.82 Å². The SMILES string of the molecule is OC1(CNc2cncc3nnnn23)CCCCC1. The zero-order valence-electron chi connectivity index (χ0n) is 10.1. The number of hydrogen-bond donors (Lipinski definition) is 2. The number of aliphatic hydroxyl groups is 1. The number of anilines is 1. The van der Waals surface area contributed by atoms with Crippen LogP contribution in [0.1, 0.15) is 32.1 Å². The first-order valence-corrected chi connectivity index (χ1v) is 6.25. The van der Waals surface area contributed by atoms with Gasteiger partial charge in [-0.3, -0.25) is 4.98 Å². The number of rotatable bonds is 3. The highest BCUT2D eigenvalue weighted by molar-refractivity contribution is 5.43. The minimum atomic E-state index is -0.617. The molecule has 1 aliphatic carbocycles. The van der Waals surface area contributed by atoms with E-state index in [9.17, 15) is 5.11 Å². The van der Waals surface area contributed by atoms with E-state index in [1.54, 1.807) is 16.9 Å². The Kier molecular flexibility index (Phi) is 2.83. The van der Waals surface area contributed by atoms with Gasteiger partial charge in [0.2, 0.25) is 0 Å². The van der Waals surface area contributed by atoms with Crippen LogP contribution in [-0.2, 0) is 0 Å². The molecule has 7 nitrogen and oxygen atoms in total. The molecule has 0 amide bonds. The molecule has 1 saturated carbocycles. The zero-order valence-corrected chi connectivity index (χ0v) is 10.1. The molecule has 7 heteroatoms. The molecule has 0 spiro atoms. The van der Waals surface area contributed by atoms with Crippen LogP contribution in [-0.4, -0.2) is 42.3 Å². The fourth-order valence-corrected chi connectivity index (χ4v) is 2.44. The van der Waals surface area contributed by atoms with Crippen molar-refractivity contribution in [1.29, 1.82) is 0 Å². The van der Waals surface area contributed by atoms with E-state index in [0.717, 1.165) is 25.7 Å². The molecule has 1 aliphatic rings. The van der Waals surface area contributed by atoms with Crippen LogP contribution < -0.4 is 5.32 Å². The van der Waals surface area contributed by atoms with Crippen LogP contribution in [0, 0.1) is 0 Å². The van der Waals surface area contributed by atoms with Crippen molar-refractivity contribution in [2.75, 3.05) is 11.9 Å². The number of nitrogens with one attached hydrogen (secondary N) is 1. The lowest BCUT2D eigenvalue weighted by Crippen LogP contribution is -2.39. The summed E-state index contributed by atoms with van der Waals surface area (Å²) in [7, 11) is 0. The number of hydrogen-bond acceptors (Lipinski definition) is 6. The number of nitrogens with zero attached hydrogens (tertiary/aromatic N) is 5. The van der Waals surface area contributed by atoms with Crippen molar-refractivity contribution in [2.24, 2.45) is 0 Å². The molecule has 2 heterocycles. The second-order valence-electron chi connectivity index (χ2n) is 4.88. The van der Waals surface area contributed by atoms with Crippen LogP contribution in [0.25, 0.3) is 5.65 Å².